The molecule has 0 saturated carbocycles. The van der Waals surface area contributed by atoms with Crippen molar-refractivity contribution in [3.05, 3.63) is 205 Å². The molecular weight excluding hydrogens is 725 g/mol. The third-order valence-corrected chi connectivity index (χ3v) is 13.6. The Bertz CT molecular complexity index is 3740. The van der Waals surface area contributed by atoms with Crippen LogP contribution in [0, 0.1) is 0 Å². The van der Waals surface area contributed by atoms with E-state index in [4.69, 9.17) is 4.42 Å². The molecule has 0 unspecified atom stereocenters. The highest BCUT2D eigenvalue weighted by Crippen LogP contribution is 2.53. The van der Waals surface area contributed by atoms with Gasteiger partial charge in [0, 0.05) is 16.2 Å². The zero-order chi connectivity index (χ0) is 39.7. The molecule has 1 aliphatic carbocycles. The number of fused-ring (bicyclic) bond motifs is 12. The van der Waals surface area contributed by atoms with Crippen LogP contribution in [0.25, 0.3) is 120 Å². The predicted molar refractivity (Wildman–Crippen MR) is 255 cm³/mol. The lowest BCUT2D eigenvalue weighted by Gasteiger charge is -2.23. The van der Waals surface area contributed by atoms with Crippen LogP contribution >= 0.6 is 0 Å². The molecule has 12 aromatic rings. The first kappa shape index (κ1) is 33.5. The van der Waals surface area contributed by atoms with Crippen LogP contribution in [0.1, 0.15) is 25.0 Å². The third kappa shape index (κ3) is 4.69. The van der Waals surface area contributed by atoms with Crippen molar-refractivity contribution in [3.8, 4) is 44.5 Å². The van der Waals surface area contributed by atoms with Gasteiger partial charge in [0.25, 0.3) is 0 Å². The molecule has 11 aromatic carbocycles. The fourth-order valence-corrected chi connectivity index (χ4v) is 10.8. The number of benzene rings is 11. The second-order valence-corrected chi connectivity index (χ2v) is 17.2. The van der Waals surface area contributed by atoms with Gasteiger partial charge in [-0.05, 0) is 146 Å². The lowest BCUT2D eigenvalue weighted by Crippen LogP contribution is -2.15. The van der Waals surface area contributed by atoms with Crippen LogP contribution in [-0.4, -0.2) is 0 Å². The maximum absolute atomic E-state index is 6.28. The monoisotopic (exact) mass is 762 g/mol. The van der Waals surface area contributed by atoms with Crippen molar-refractivity contribution in [1.29, 1.82) is 0 Å². The molecular formula is C59H38O. The van der Waals surface area contributed by atoms with Crippen molar-refractivity contribution in [3.63, 3.8) is 0 Å². The summed E-state index contributed by atoms with van der Waals surface area (Å²) in [5, 5.41) is 15.0. The van der Waals surface area contributed by atoms with E-state index in [9.17, 15) is 0 Å². The summed E-state index contributed by atoms with van der Waals surface area (Å²) in [5.41, 5.74) is 14.7. The Kier molecular flexibility index (Phi) is 6.85. The molecule has 0 N–H and O–H groups in total. The van der Waals surface area contributed by atoms with Gasteiger partial charge < -0.3 is 4.42 Å². The van der Waals surface area contributed by atoms with Gasteiger partial charge in [0.05, 0.1) is 0 Å². The predicted octanol–water partition coefficient (Wildman–Crippen LogP) is 16.7. The maximum Gasteiger partial charge on any atom is 0.136 e. The molecule has 0 bridgehead atoms. The van der Waals surface area contributed by atoms with Crippen LogP contribution < -0.4 is 0 Å². The molecule has 60 heavy (non-hydrogen) atoms. The van der Waals surface area contributed by atoms with Crippen molar-refractivity contribution < 1.29 is 4.42 Å². The maximum atomic E-state index is 6.28. The number of para-hydroxylation sites is 1. The average Bonchev–Trinajstić information content (AvgIpc) is 3.77. The lowest BCUT2D eigenvalue weighted by molar-refractivity contribution is 0.665. The van der Waals surface area contributed by atoms with Crippen LogP contribution in [-0.2, 0) is 5.41 Å². The van der Waals surface area contributed by atoms with E-state index in [-0.39, 0.29) is 5.41 Å². The molecule has 0 atom stereocenters. The largest absolute Gasteiger partial charge is 0.456 e. The molecule has 0 spiro atoms. The molecule has 1 heteroatoms. The van der Waals surface area contributed by atoms with E-state index in [1.807, 2.05) is 6.07 Å². The highest BCUT2D eigenvalue weighted by Gasteiger charge is 2.37. The van der Waals surface area contributed by atoms with E-state index in [2.05, 4.69) is 202 Å². The number of hydrogen-bond donors (Lipinski definition) is 0. The fourth-order valence-electron chi connectivity index (χ4n) is 10.8. The van der Waals surface area contributed by atoms with Crippen molar-refractivity contribution >= 4 is 75.8 Å². The summed E-state index contributed by atoms with van der Waals surface area (Å²) in [6.07, 6.45) is 0. The Balaban J connectivity index is 0.929. The zero-order valence-corrected chi connectivity index (χ0v) is 33.4. The van der Waals surface area contributed by atoms with E-state index in [0.29, 0.717) is 0 Å². The Morgan fingerprint density at radius 2 is 0.900 bits per heavy atom. The Hall–Kier alpha value is -7.48. The second-order valence-electron chi connectivity index (χ2n) is 17.2. The van der Waals surface area contributed by atoms with Gasteiger partial charge in [-0.25, -0.2) is 0 Å². The highest BCUT2D eigenvalue weighted by molar-refractivity contribution is 6.24. The number of rotatable bonds is 3. The van der Waals surface area contributed by atoms with Gasteiger partial charge in [0.2, 0.25) is 0 Å². The molecule has 13 rings (SSSR count). The van der Waals surface area contributed by atoms with Gasteiger partial charge in [-0.2, -0.15) is 0 Å². The molecule has 0 radical (unpaired) electrons. The smallest absolute Gasteiger partial charge is 0.136 e. The van der Waals surface area contributed by atoms with Crippen molar-refractivity contribution in [2.75, 3.05) is 0 Å². The topological polar surface area (TPSA) is 13.1 Å². The van der Waals surface area contributed by atoms with Crippen molar-refractivity contribution in [1.82, 2.24) is 0 Å². The standard InChI is InChI=1S/C59H38O/c1-59(2)53-29-27-39(32-51(53)49-28-26-40-33-55-52(34-50(40)58(49)59)43-15-9-10-21-54(43)60-55)37-22-23-38-31-41(25-24-36(38)30-37)56-45-16-5-7-18-47(45)57(48-19-8-6-17-46(48)56)44-20-11-13-35-12-3-4-14-42(35)44/h3-34H,1-2H3. The Morgan fingerprint density at radius 3 is 1.67 bits per heavy atom. The van der Waals surface area contributed by atoms with Gasteiger partial charge in [-0.15, -0.1) is 0 Å². The minimum atomic E-state index is -0.142. The van der Waals surface area contributed by atoms with E-state index >= 15 is 0 Å². The first-order valence-corrected chi connectivity index (χ1v) is 21.0. The van der Waals surface area contributed by atoms with Crippen LogP contribution in [0.2, 0.25) is 0 Å². The Labute approximate surface area is 347 Å². The van der Waals surface area contributed by atoms with Crippen molar-refractivity contribution in [2.24, 2.45) is 0 Å². The molecule has 1 aliphatic rings. The molecule has 0 amide bonds. The summed E-state index contributed by atoms with van der Waals surface area (Å²) in [5.74, 6) is 0. The van der Waals surface area contributed by atoms with Crippen LogP contribution in [0.15, 0.2) is 199 Å². The SMILES string of the molecule is CC1(C)c2ccc(-c3ccc4cc(-c5c6ccccc6c(-c6cccc7ccccc67)c6ccccc56)ccc4c3)cc2-c2ccc3cc4oc5ccccc5c4cc3c21. The summed E-state index contributed by atoms with van der Waals surface area (Å²) in [6.45, 7) is 4.76. The molecule has 280 valence electrons. The Morgan fingerprint density at radius 1 is 0.317 bits per heavy atom. The summed E-state index contributed by atoms with van der Waals surface area (Å²) in [6, 6.07) is 72.0. The van der Waals surface area contributed by atoms with Crippen molar-refractivity contribution in [2.45, 2.75) is 19.3 Å². The van der Waals surface area contributed by atoms with Gasteiger partial charge in [-0.3, -0.25) is 0 Å². The molecule has 1 aromatic heterocycles. The quantitative estimate of drug-likeness (QED) is 0.163. The van der Waals surface area contributed by atoms with E-state index in [0.717, 1.165) is 11.2 Å². The molecule has 0 fully saturated rings. The molecule has 0 aliphatic heterocycles. The summed E-state index contributed by atoms with van der Waals surface area (Å²) in [4.78, 5) is 0. The van der Waals surface area contributed by atoms with Gasteiger partial charge in [-0.1, -0.05) is 172 Å². The van der Waals surface area contributed by atoms with Gasteiger partial charge in [0.15, 0.2) is 0 Å². The first-order chi connectivity index (χ1) is 29.5. The summed E-state index contributed by atoms with van der Waals surface area (Å²) >= 11 is 0. The minimum absolute atomic E-state index is 0.142. The summed E-state index contributed by atoms with van der Waals surface area (Å²) in [7, 11) is 0. The van der Waals surface area contributed by atoms with E-state index < -0.39 is 0 Å². The van der Waals surface area contributed by atoms with E-state index in [1.165, 1.54) is 120 Å². The normalized spacial score (nSPS) is 13.3. The minimum Gasteiger partial charge on any atom is -0.456 e. The zero-order valence-electron chi connectivity index (χ0n) is 33.4. The highest BCUT2D eigenvalue weighted by atomic mass is 16.3. The molecule has 1 nitrogen and oxygen atoms in total. The molecule has 1 heterocycles. The van der Waals surface area contributed by atoms with Gasteiger partial charge >= 0.3 is 0 Å². The fraction of sp³-hybridized carbons (Fsp3) is 0.0508. The second kappa shape index (κ2) is 12.3. The third-order valence-electron chi connectivity index (χ3n) is 13.6. The first-order valence-electron chi connectivity index (χ1n) is 21.0. The van der Waals surface area contributed by atoms with E-state index in [1.54, 1.807) is 0 Å². The van der Waals surface area contributed by atoms with Gasteiger partial charge in [0.1, 0.15) is 11.2 Å². The molecule has 0 saturated heterocycles. The van der Waals surface area contributed by atoms with Crippen LogP contribution in [0.4, 0.5) is 0 Å². The number of hydrogen-bond acceptors (Lipinski definition) is 1. The summed E-state index contributed by atoms with van der Waals surface area (Å²) < 4.78 is 6.28. The van der Waals surface area contributed by atoms with Crippen LogP contribution in [0.3, 0.4) is 0 Å². The number of furan rings is 1. The average molecular weight is 763 g/mol. The van der Waals surface area contributed by atoms with Crippen LogP contribution in [0.5, 0.6) is 0 Å². The lowest BCUT2D eigenvalue weighted by atomic mass is 9.80.